The number of anilines is 2. The van der Waals surface area contributed by atoms with Crippen molar-refractivity contribution in [3.8, 4) is 5.75 Å². The topological polar surface area (TPSA) is 119 Å². The summed E-state index contributed by atoms with van der Waals surface area (Å²) in [5.41, 5.74) is 2.00. The minimum atomic E-state index is -3.95. The third kappa shape index (κ3) is 6.19. The molecule has 200 valence electrons. The molecule has 4 aromatic rings. The van der Waals surface area contributed by atoms with Crippen molar-refractivity contribution >= 4 is 44.6 Å². The van der Waals surface area contributed by atoms with Gasteiger partial charge >= 0.3 is 0 Å². The molecular formula is C28H24ClN3O6S. The smallest absolute Gasteiger partial charge is 0.271 e. The van der Waals surface area contributed by atoms with Gasteiger partial charge in [0.25, 0.3) is 21.6 Å². The van der Waals surface area contributed by atoms with Crippen molar-refractivity contribution in [2.45, 2.75) is 18.4 Å². The number of ether oxygens (including phenoxy) is 1. The minimum Gasteiger partial charge on any atom is -0.495 e. The van der Waals surface area contributed by atoms with Crippen molar-refractivity contribution < 1.29 is 22.9 Å². The van der Waals surface area contributed by atoms with Crippen molar-refractivity contribution in [2.75, 3.05) is 16.7 Å². The van der Waals surface area contributed by atoms with Gasteiger partial charge in [-0.2, -0.15) is 0 Å². The number of nitrogens with zero attached hydrogens (tertiary/aromatic N) is 2. The average molecular weight is 566 g/mol. The Labute approximate surface area is 230 Å². The molecule has 4 aromatic carbocycles. The Balaban J connectivity index is 1.63. The summed E-state index contributed by atoms with van der Waals surface area (Å²) in [6.45, 7) is 1.79. The van der Waals surface area contributed by atoms with E-state index in [4.69, 9.17) is 16.3 Å². The summed E-state index contributed by atoms with van der Waals surface area (Å²) in [5, 5.41) is 14.2. The maximum absolute atomic E-state index is 13.7. The fraction of sp³-hybridized carbons (Fsp3) is 0.107. The molecule has 1 N–H and O–H groups in total. The molecule has 0 saturated heterocycles. The van der Waals surface area contributed by atoms with Crippen molar-refractivity contribution in [1.29, 1.82) is 0 Å². The number of nitrogens with one attached hydrogen (secondary N) is 1. The van der Waals surface area contributed by atoms with E-state index >= 15 is 0 Å². The quantitative estimate of drug-likeness (QED) is 0.190. The van der Waals surface area contributed by atoms with Crippen LogP contribution in [0.15, 0.2) is 95.9 Å². The van der Waals surface area contributed by atoms with Gasteiger partial charge in [-0.1, -0.05) is 48.0 Å². The van der Waals surface area contributed by atoms with Gasteiger partial charge in [-0.3, -0.25) is 19.2 Å². The highest BCUT2D eigenvalue weighted by molar-refractivity contribution is 7.92. The number of nitro groups is 1. The fourth-order valence-corrected chi connectivity index (χ4v) is 5.60. The molecule has 0 fully saturated rings. The molecule has 0 bridgehead atoms. The molecule has 0 aliphatic heterocycles. The maximum Gasteiger partial charge on any atom is 0.271 e. The molecule has 9 nitrogen and oxygen atoms in total. The largest absolute Gasteiger partial charge is 0.495 e. The molecule has 0 radical (unpaired) electrons. The van der Waals surface area contributed by atoms with Crippen LogP contribution in [0, 0.1) is 17.0 Å². The van der Waals surface area contributed by atoms with E-state index in [9.17, 15) is 23.3 Å². The zero-order valence-electron chi connectivity index (χ0n) is 21.0. The number of amides is 1. The first kappa shape index (κ1) is 27.6. The number of sulfonamides is 1. The lowest BCUT2D eigenvalue weighted by molar-refractivity contribution is -0.384. The number of halogens is 1. The van der Waals surface area contributed by atoms with Crippen LogP contribution in [-0.4, -0.2) is 26.4 Å². The van der Waals surface area contributed by atoms with Gasteiger partial charge in [0, 0.05) is 22.7 Å². The number of methoxy groups -OCH3 is 1. The van der Waals surface area contributed by atoms with E-state index in [1.165, 1.54) is 41.7 Å². The molecule has 0 aliphatic carbocycles. The van der Waals surface area contributed by atoms with Crippen LogP contribution >= 0.6 is 11.6 Å². The zero-order chi connectivity index (χ0) is 28.2. The number of carbonyl (C=O) groups excluding carboxylic acids is 1. The maximum atomic E-state index is 13.7. The van der Waals surface area contributed by atoms with Crippen LogP contribution in [0.5, 0.6) is 5.75 Å². The molecule has 0 saturated carbocycles. The lowest BCUT2D eigenvalue weighted by atomic mass is 10.1. The van der Waals surface area contributed by atoms with Crippen LogP contribution in [0.1, 0.15) is 21.5 Å². The summed E-state index contributed by atoms with van der Waals surface area (Å²) >= 11 is 6.22. The second-order valence-electron chi connectivity index (χ2n) is 8.55. The van der Waals surface area contributed by atoms with Crippen molar-refractivity contribution in [1.82, 2.24) is 0 Å². The average Bonchev–Trinajstić information content (AvgIpc) is 2.93. The van der Waals surface area contributed by atoms with Gasteiger partial charge in [-0.05, 0) is 60.5 Å². The highest BCUT2D eigenvalue weighted by Crippen LogP contribution is 2.32. The van der Waals surface area contributed by atoms with Crippen molar-refractivity contribution in [2.24, 2.45) is 0 Å². The molecule has 0 heterocycles. The van der Waals surface area contributed by atoms with Gasteiger partial charge < -0.3 is 10.1 Å². The van der Waals surface area contributed by atoms with Gasteiger partial charge in [0.15, 0.2) is 0 Å². The van der Waals surface area contributed by atoms with E-state index in [2.05, 4.69) is 5.32 Å². The number of non-ortho nitro benzene ring substituents is 1. The summed E-state index contributed by atoms with van der Waals surface area (Å²) in [4.78, 5) is 23.6. The Hall–Kier alpha value is -4.41. The van der Waals surface area contributed by atoms with Crippen LogP contribution in [0.2, 0.25) is 5.02 Å². The predicted molar refractivity (Wildman–Crippen MR) is 150 cm³/mol. The molecular weight excluding hydrogens is 542 g/mol. The molecule has 39 heavy (non-hydrogen) atoms. The number of nitro benzene ring substituents is 1. The van der Waals surface area contributed by atoms with E-state index < -0.39 is 20.9 Å². The second kappa shape index (κ2) is 11.5. The summed E-state index contributed by atoms with van der Waals surface area (Å²) in [6.07, 6.45) is 0. The third-order valence-corrected chi connectivity index (χ3v) is 7.96. The molecule has 11 heteroatoms. The molecule has 4 rings (SSSR count). The first-order valence-corrected chi connectivity index (χ1v) is 13.5. The van der Waals surface area contributed by atoms with Crippen molar-refractivity contribution in [3.05, 3.63) is 123 Å². The number of hydrogen-bond acceptors (Lipinski definition) is 6. The SMILES string of the molecule is COc1ccc([N+](=O)[O-])cc1NC(=O)c1ccc(CN(c2cc(Cl)ccc2C)S(=O)(=O)c2ccccc2)cc1. The van der Waals surface area contributed by atoms with E-state index in [0.717, 1.165) is 5.56 Å². The van der Waals surface area contributed by atoms with Crippen LogP contribution in [0.25, 0.3) is 0 Å². The lowest BCUT2D eigenvalue weighted by Crippen LogP contribution is -2.31. The van der Waals surface area contributed by atoms with Gasteiger partial charge in [0.2, 0.25) is 0 Å². The number of rotatable bonds is 9. The number of carbonyl (C=O) groups is 1. The molecule has 0 spiro atoms. The molecule has 0 atom stereocenters. The Morgan fingerprint density at radius 1 is 1.00 bits per heavy atom. The lowest BCUT2D eigenvalue weighted by Gasteiger charge is -2.26. The standard InChI is InChI=1S/C28H24ClN3O6S/c1-19-8-13-22(29)16-26(19)31(39(36,37)24-6-4-3-5-7-24)18-20-9-11-21(12-10-20)28(33)30-25-17-23(32(34)35)14-15-27(25)38-2/h3-17H,18H2,1-2H3,(H,30,33). The summed E-state index contributed by atoms with van der Waals surface area (Å²) < 4.78 is 33.8. The first-order chi connectivity index (χ1) is 18.6. The van der Waals surface area contributed by atoms with E-state index in [1.807, 2.05) is 0 Å². The summed E-state index contributed by atoms with van der Waals surface area (Å²) in [6, 6.07) is 23.4. The Morgan fingerprint density at radius 3 is 2.33 bits per heavy atom. The Kier molecular flexibility index (Phi) is 8.18. The van der Waals surface area contributed by atoms with Crippen LogP contribution in [0.4, 0.5) is 17.1 Å². The third-order valence-electron chi connectivity index (χ3n) is 5.96. The number of hydrogen-bond donors (Lipinski definition) is 1. The molecule has 1 amide bonds. The molecule has 0 aromatic heterocycles. The Morgan fingerprint density at radius 2 is 1.69 bits per heavy atom. The highest BCUT2D eigenvalue weighted by Gasteiger charge is 2.26. The van der Waals surface area contributed by atoms with Crippen molar-refractivity contribution in [3.63, 3.8) is 0 Å². The number of benzene rings is 4. The zero-order valence-corrected chi connectivity index (χ0v) is 22.6. The normalized spacial score (nSPS) is 11.1. The van der Waals surface area contributed by atoms with Gasteiger partial charge in [0.1, 0.15) is 5.75 Å². The summed E-state index contributed by atoms with van der Waals surface area (Å²) in [7, 11) is -2.56. The predicted octanol–water partition coefficient (Wildman–Crippen LogP) is 6.21. The van der Waals surface area contributed by atoms with Gasteiger partial charge in [-0.25, -0.2) is 8.42 Å². The summed E-state index contributed by atoms with van der Waals surface area (Å²) in [5.74, 6) is -0.246. The van der Waals surface area contributed by atoms with Crippen LogP contribution < -0.4 is 14.4 Å². The fourth-order valence-electron chi connectivity index (χ4n) is 3.90. The molecule has 0 aliphatic rings. The second-order valence-corrected chi connectivity index (χ2v) is 10.8. The molecule has 0 unspecified atom stereocenters. The van der Waals surface area contributed by atoms with E-state index in [-0.39, 0.29) is 34.1 Å². The van der Waals surface area contributed by atoms with E-state index in [1.54, 1.807) is 67.6 Å². The van der Waals surface area contributed by atoms with Crippen LogP contribution in [-0.2, 0) is 16.6 Å². The Bertz CT molecular complexity index is 1630. The number of aryl methyl sites for hydroxylation is 1. The monoisotopic (exact) mass is 565 g/mol. The van der Waals surface area contributed by atoms with E-state index in [0.29, 0.717) is 16.3 Å². The van der Waals surface area contributed by atoms with Crippen LogP contribution in [0.3, 0.4) is 0 Å². The minimum absolute atomic E-state index is 0.0149. The van der Waals surface area contributed by atoms with Gasteiger partial charge in [-0.15, -0.1) is 0 Å². The first-order valence-electron chi connectivity index (χ1n) is 11.7. The van der Waals surface area contributed by atoms with Gasteiger partial charge in [0.05, 0.1) is 34.8 Å². The highest BCUT2D eigenvalue weighted by atomic mass is 35.5.